The normalized spacial score (nSPS) is 14.8. The molecule has 0 amide bonds. The lowest BCUT2D eigenvalue weighted by molar-refractivity contribution is 0.122. The number of rotatable bonds is 6. The van der Waals surface area contributed by atoms with Crippen LogP contribution < -0.4 is 10.3 Å². The standard InChI is InChI=1S/C26H26N6O/c1-20(16-21-8-4-2-5-9-21)19-27-29-24-18-26(31-12-14-33-15-13-31)32-25(28-24)17-23(30-32)22-10-6-3-7-11-22/h2-11,16-19H,12-15H2,1H3,(H,28,29)/b20-16+,27-19+. The monoisotopic (exact) mass is 438 g/mol. The Morgan fingerprint density at radius 2 is 1.73 bits per heavy atom. The molecule has 5 rings (SSSR count). The van der Waals surface area contributed by atoms with Gasteiger partial charge in [-0.05, 0) is 18.1 Å². The first-order valence-corrected chi connectivity index (χ1v) is 11.1. The number of hydrazone groups is 1. The van der Waals surface area contributed by atoms with Crippen LogP contribution in [0.4, 0.5) is 11.6 Å². The van der Waals surface area contributed by atoms with E-state index >= 15 is 0 Å². The van der Waals surface area contributed by atoms with Gasteiger partial charge in [-0.1, -0.05) is 66.7 Å². The highest BCUT2D eigenvalue weighted by molar-refractivity contribution is 5.85. The molecule has 0 saturated carbocycles. The number of hydrogen-bond acceptors (Lipinski definition) is 6. The van der Waals surface area contributed by atoms with Gasteiger partial charge in [-0.25, -0.2) is 4.98 Å². The predicted molar refractivity (Wildman–Crippen MR) is 134 cm³/mol. The molecule has 3 heterocycles. The van der Waals surface area contributed by atoms with Crippen LogP contribution in [0.3, 0.4) is 0 Å². The molecule has 1 saturated heterocycles. The molecule has 2 aromatic heterocycles. The number of nitrogens with one attached hydrogen (secondary N) is 1. The van der Waals surface area contributed by atoms with E-state index in [0.717, 1.165) is 46.9 Å². The number of anilines is 2. The van der Waals surface area contributed by atoms with Gasteiger partial charge in [0.1, 0.15) is 5.82 Å². The second kappa shape index (κ2) is 9.67. The Labute approximate surface area is 193 Å². The van der Waals surface area contributed by atoms with Gasteiger partial charge in [0, 0.05) is 30.8 Å². The van der Waals surface area contributed by atoms with E-state index in [0.29, 0.717) is 19.0 Å². The number of benzene rings is 2. The maximum Gasteiger partial charge on any atom is 0.160 e. The van der Waals surface area contributed by atoms with Crippen LogP contribution in [0, 0.1) is 0 Å². The molecular formula is C26H26N6O. The van der Waals surface area contributed by atoms with E-state index < -0.39 is 0 Å². The van der Waals surface area contributed by atoms with E-state index in [-0.39, 0.29) is 0 Å². The SMILES string of the molecule is CC(/C=N/Nc1cc(N2CCOCC2)n2nc(-c3ccccc3)cc2n1)=C\c1ccccc1. The van der Waals surface area contributed by atoms with E-state index in [9.17, 15) is 0 Å². The third-order valence-corrected chi connectivity index (χ3v) is 5.45. The molecule has 7 heteroatoms. The quantitative estimate of drug-likeness (QED) is 0.348. The van der Waals surface area contributed by atoms with Gasteiger partial charge in [0.15, 0.2) is 11.5 Å². The van der Waals surface area contributed by atoms with Crippen molar-refractivity contribution >= 4 is 29.6 Å². The highest BCUT2D eigenvalue weighted by Crippen LogP contribution is 2.25. The Morgan fingerprint density at radius 3 is 2.48 bits per heavy atom. The summed E-state index contributed by atoms with van der Waals surface area (Å²) in [5.41, 5.74) is 8.00. The molecule has 0 unspecified atom stereocenters. The minimum Gasteiger partial charge on any atom is -0.378 e. The Kier molecular flexibility index (Phi) is 6.12. The van der Waals surface area contributed by atoms with Gasteiger partial charge in [0.25, 0.3) is 0 Å². The third-order valence-electron chi connectivity index (χ3n) is 5.45. The number of allylic oxidation sites excluding steroid dienone is 1. The fourth-order valence-corrected chi connectivity index (χ4v) is 3.83. The molecule has 0 spiro atoms. The largest absolute Gasteiger partial charge is 0.378 e. The minimum absolute atomic E-state index is 0.673. The maximum absolute atomic E-state index is 5.55. The average molecular weight is 439 g/mol. The zero-order chi connectivity index (χ0) is 22.5. The summed E-state index contributed by atoms with van der Waals surface area (Å²) in [5.74, 6) is 1.65. The summed E-state index contributed by atoms with van der Waals surface area (Å²) in [4.78, 5) is 7.03. The van der Waals surface area contributed by atoms with Crippen LogP contribution in [0.2, 0.25) is 0 Å². The van der Waals surface area contributed by atoms with Crippen LogP contribution in [0.1, 0.15) is 12.5 Å². The van der Waals surface area contributed by atoms with Crippen molar-refractivity contribution in [3.8, 4) is 11.3 Å². The molecule has 1 fully saturated rings. The van der Waals surface area contributed by atoms with Crippen molar-refractivity contribution < 1.29 is 4.74 Å². The second-order valence-corrected chi connectivity index (χ2v) is 7.93. The molecule has 0 bridgehead atoms. The number of ether oxygens (including phenoxy) is 1. The van der Waals surface area contributed by atoms with Crippen LogP contribution in [0.15, 0.2) is 83.5 Å². The highest BCUT2D eigenvalue weighted by Gasteiger charge is 2.18. The van der Waals surface area contributed by atoms with Gasteiger partial charge >= 0.3 is 0 Å². The predicted octanol–water partition coefficient (Wildman–Crippen LogP) is 4.73. The van der Waals surface area contributed by atoms with E-state index in [1.54, 1.807) is 6.21 Å². The topological polar surface area (TPSA) is 67.0 Å². The van der Waals surface area contributed by atoms with Gasteiger partial charge in [0.05, 0.1) is 25.1 Å². The number of aromatic nitrogens is 3. The number of hydrogen-bond donors (Lipinski definition) is 1. The Bertz CT molecular complexity index is 1270. The van der Waals surface area contributed by atoms with Crippen molar-refractivity contribution in [3.05, 3.63) is 83.9 Å². The van der Waals surface area contributed by atoms with E-state index in [1.165, 1.54) is 0 Å². The summed E-state index contributed by atoms with van der Waals surface area (Å²) in [6.07, 6.45) is 3.89. The zero-order valence-electron chi connectivity index (χ0n) is 18.6. The van der Waals surface area contributed by atoms with E-state index in [4.69, 9.17) is 14.8 Å². The number of fused-ring (bicyclic) bond motifs is 1. The fraction of sp³-hybridized carbons (Fsp3) is 0.192. The summed E-state index contributed by atoms with van der Waals surface area (Å²) >= 11 is 0. The third kappa shape index (κ3) is 4.94. The van der Waals surface area contributed by atoms with Crippen LogP contribution >= 0.6 is 0 Å². The Morgan fingerprint density at radius 1 is 1.00 bits per heavy atom. The molecule has 7 nitrogen and oxygen atoms in total. The van der Waals surface area contributed by atoms with E-state index in [1.807, 2.05) is 60.0 Å². The lowest BCUT2D eigenvalue weighted by Crippen LogP contribution is -2.37. The van der Waals surface area contributed by atoms with Crippen LogP contribution in [-0.2, 0) is 4.74 Å². The first-order valence-electron chi connectivity index (χ1n) is 11.1. The summed E-state index contributed by atoms with van der Waals surface area (Å²) in [5, 5.41) is 9.27. The lowest BCUT2D eigenvalue weighted by atomic mass is 10.1. The van der Waals surface area contributed by atoms with Crippen molar-refractivity contribution in [2.24, 2.45) is 5.10 Å². The highest BCUT2D eigenvalue weighted by atomic mass is 16.5. The van der Waals surface area contributed by atoms with Gasteiger partial charge < -0.3 is 9.64 Å². The molecule has 2 aromatic carbocycles. The first-order chi connectivity index (χ1) is 16.3. The summed E-state index contributed by atoms with van der Waals surface area (Å²) in [7, 11) is 0. The molecule has 1 aliphatic rings. The fourth-order valence-electron chi connectivity index (χ4n) is 3.83. The molecule has 166 valence electrons. The first kappa shape index (κ1) is 20.9. The summed E-state index contributed by atoms with van der Waals surface area (Å²) in [6.45, 7) is 5.03. The molecular weight excluding hydrogens is 412 g/mol. The van der Waals surface area contributed by atoms with Gasteiger partial charge in [-0.2, -0.15) is 14.7 Å². The van der Waals surface area contributed by atoms with Crippen LogP contribution in [-0.4, -0.2) is 47.1 Å². The van der Waals surface area contributed by atoms with Crippen molar-refractivity contribution in [2.75, 3.05) is 36.6 Å². The number of morpholine rings is 1. The smallest absolute Gasteiger partial charge is 0.160 e. The minimum atomic E-state index is 0.673. The van der Waals surface area contributed by atoms with Gasteiger partial charge in [-0.3, -0.25) is 5.43 Å². The Hall–Kier alpha value is -3.97. The maximum atomic E-state index is 5.55. The molecule has 4 aromatic rings. The summed E-state index contributed by atoms with van der Waals surface area (Å²) in [6, 6.07) is 24.3. The van der Waals surface area contributed by atoms with Crippen molar-refractivity contribution in [2.45, 2.75) is 6.92 Å². The second-order valence-electron chi connectivity index (χ2n) is 7.93. The Balaban J connectivity index is 1.45. The van der Waals surface area contributed by atoms with Crippen LogP contribution in [0.5, 0.6) is 0 Å². The van der Waals surface area contributed by atoms with Gasteiger partial charge in [0.2, 0.25) is 0 Å². The number of nitrogens with zero attached hydrogens (tertiary/aromatic N) is 5. The zero-order valence-corrected chi connectivity index (χ0v) is 18.6. The average Bonchev–Trinajstić information content (AvgIpc) is 3.29. The van der Waals surface area contributed by atoms with Gasteiger partial charge in [-0.15, -0.1) is 0 Å². The molecule has 0 radical (unpaired) electrons. The molecule has 0 atom stereocenters. The molecule has 1 N–H and O–H groups in total. The van der Waals surface area contributed by atoms with E-state index in [2.05, 4.69) is 45.8 Å². The van der Waals surface area contributed by atoms with Crippen molar-refractivity contribution in [3.63, 3.8) is 0 Å². The molecule has 1 aliphatic heterocycles. The molecule has 33 heavy (non-hydrogen) atoms. The lowest BCUT2D eigenvalue weighted by Gasteiger charge is -2.29. The van der Waals surface area contributed by atoms with Crippen molar-refractivity contribution in [1.82, 2.24) is 14.6 Å². The van der Waals surface area contributed by atoms with Crippen LogP contribution in [0.25, 0.3) is 23.0 Å². The molecule has 0 aliphatic carbocycles. The van der Waals surface area contributed by atoms with Crippen molar-refractivity contribution in [1.29, 1.82) is 0 Å². The summed E-state index contributed by atoms with van der Waals surface area (Å²) < 4.78 is 7.45.